The average Bonchev–Trinajstić information content (AvgIpc) is 2.82. The van der Waals surface area contributed by atoms with Gasteiger partial charge < -0.3 is 0 Å². The Morgan fingerprint density at radius 2 is 1.03 bits per heavy atom. The van der Waals surface area contributed by atoms with Crippen molar-refractivity contribution in [2.75, 3.05) is 0 Å². The van der Waals surface area contributed by atoms with Crippen molar-refractivity contribution in [1.82, 2.24) is 0 Å². The van der Waals surface area contributed by atoms with Gasteiger partial charge in [0, 0.05) is 30.7 Å². The fraction of sp³-hybridized carbons (Fsp3) is 0.138. The first-order chi connectivity index (χ1) is 15.6. The van der Waals surface area contributed by atoms with Crippen LogP contribution in [-0.4, -0.2) is 5.78 Å². The second-order valence-electron chi connectivity index (χ2n) is 8.53. The Hall–Kier alpha value is -2.75. The van der Waals surface area contributed by atoms with E-state index in [1.807, 2.05) is 35.7 Å². The van der Waals surface area contributed by atoms with Crippen LogP contribution < -0.4 is 0 Å². The molecule has 0 saturated carbocycles. The zero-order valence-corrected chi connectivity index (χ0v) is 19.7. The number of fused-ring (bicyclic) bond motifs is 4. The highest BCUT2D eigenvalue weighted by molar-refractivity contribution is 7.99. The second kappa shape index (κ2) is 7.68. The van der Waals surface area contributed by atoms with E-state index in [4.69, 9.17) is 0 Å². The molecule has 0 aliphatic carbocycles. The van der Waals surface area contributed by atoms with Gasteiger partial charge in [0.1, 0.15) is 0 Å². The molecule has 6 rings (SSSR count). The van der Waals surface area contributed by atoms with Gasteiger partial charge in [-0.05, 0) is 96.5 Å². The maximum atomic E-state index is 13.7. The molecule has 0 saturated heterocycles. The quantitative estimate of drug-likeness (QED) is 0.252. The summed E-state index contributed by atoms with van der Waals surface area (Å²) >= 11 is 3.63. The molecule has 0 N–H and O–H groups in total. The average molecular weight is 451 g/mol. The Balaban J connectivity index is 1.39. The fourth-order valence-electron chi connectivity index (χ4n) is 4.85. The number of carbonyl (C=O) groups excluding carboxylic acids is 1. The monoisotopic (exact) mass is 450 g/mol. The van der Waals surface area contributed by atoms with Crippen LogP contribution in [0.2, 0.25) is 0 Å². The zero-order valence-electron chi connectivity index (χ0n) is 18.1. The molecule has 2 aliphatic rings. The third kappa shape index (κ3) is 3.15. The Labute approximate surface area is 197 Å². The van der Waals surface area contributed by atoms with E-state index in [1.165, 1.54) is 41.8 Å². The highest BCUT2D eigenvalue weighted by Crippen LogP contribution is 2.43. The lowest BCUT2D eigenvalue weighted by molar-refractivity contribution is 0.103. The third-order valence-corrected chi connectivity index (χ3v) is 9.16. The molecule has 0 spiro atoms. The van der Waals surface area contributed by atoms with Crippen LogP contribution >= 0.6 is 23.5 Å². The highest BCUT2D eigenvalue weighted by Gasteiger charge is 2.25. The smallest absolute Gasteiger partial charge is 0.193 e. The predicted molar refractivity (Wildman–Crippen MR) is 133 cm³/mol. The van der Waals surface area contributed by atoms with Crippen LogP contribution in [0.3, 0.4) is 0 Å². The number of rotatable bonds is 2. The van der Waals surface area contributed by atoms with Gasteiger partial charge >= 0.3 is 0 Å². The highest BCUT2D eigenvalue weighted by atomic mass is 32.2. The van der Waals surface area contributed by atoms with Crippen molar-refractivity contribution in [3.8, 4) is 0 Å². The lowest BCUT2D eigenvalue weighted by Crippen LogP contribution is -2.12. The standard InChI is InChI=1S/C29H22OS2/c1-17-21(11-13-27-23(17)15-19-7-3-5-9-25(19)31-27)29(30)22-12-14-28-24(18(22)2)16-20-8-4-6-10-26(20)32-28/h3-14H,15-16H2,1-2H3. The Morgan fingerprint density at radius 3 is 1.50 bits per heavy atom. The van der Waals surface area contributed by atoms with E-state index >= 15 is 0 Å². The van der Waals surface area contributed by atoms with Gasteiger partial charge in [-0.2, -0.15) is 0 Å². The lowest BCUT2D eigenvalue weighted by Gasteiger charge is -2.24. The molecule has 4 aromatic carbocycles. The molecule has 0 radical (unpaired) electrons. The second-order valence-corrected chi connectivity index (χ2v) is 10.7. The van der Waals surface area contributed by atoms with Crippen molar-refractivity contribution in [2.45, 2.75) is 46.3 Å². The fourth-order valence-corrected chi connectivity index (χ4v) is 7.13. The van der Waals surface area contributed by atoms with Crippen LogP contribution in [0.15, 0.2) is 92.4 Å². The Kier molecular flexibility index (Phi) is 4.78. The molecule has 156 valence electrons. The molecule has 3 heteroatoms. The molecule has 0 atom stereocenters. The van der Waals surface area contributed by atoms with Crippen LogP contribution in [0.25, 0.3) is 0 Å². The summed E-state index contributed by atoms with van der Waals surface area (Å²) in [5, 5.41) is 0. The largest absolute Gasteiger partial charge is 0.289 e. The third-order valence-electron chi connectivity index (χ3n) is 6.72. The van der Waals surface area contributed by atoms with E-state index in [0.29, 0.717) is 0 Å². The Bertz CT molecular complexity index is 1310. The minimum atomic E-state index is 0.137. The number of benzene rings is 4. The van der Waals surface area contributed by atoms with Gasteiger partial charge in [-0.25, -0.2) is 0 Å². The molecular weight excluding hydrogens is 428 g/mol. The van der Waals surface area contributed by atoms with Gasteiger partial charge in [0.15, 0.2) is 5.78 Å². The topological polar surface area (TPSA) is 17.1 Å². The van der Waals surface area contributed by atoms with Gasteiger partial charge in [-0.15, -0.1) is 0 Å². The normalized spacial score (nSPS) is 13.6. The SMILES string of the molecule is Cc1c(C(=O)c2ccc3c(c2C)Cc2ccccc2S3)ccc2c1Cc1ccccc1S2. The van der Waals surface area contributed by atoms with Crippen LogP contribution in [0.4, 0.5) is 0 Å². The molecule has 0 amide bonds. The van der Waals surface area contributed by atoms with Gasteiger partial charge in [-0.3, -0.25) is 4.79 Å². The first kappa shape index (κ1) is 19.9. The number of carbonyl (C=O) groups is 1. The van der Waals surface area contributed by atoms with Crippen molar-refractivity contribution in [1.29, 1.82) is 0 Å². The molecule has 0 bridgehead atoms. The van der Waals surface area contributed by atoms with E-state index in [9.17, 15) is 4.79 Å². The van der Waals surface area contributed by atoms with Crippen molar-refractivity contribution in [3.05, 3.63) is 117 Å². The summed E-state index contributed by atoms with van der Waals surface area (Å²) in [5.74, 6) is 0.137. The number of ketones is 1. The molecule has 0 aromatic heterocycles. The number of hydrogen-bond acceptors (Lipinski definition) is 3. The van der Waals surface area contributed by atoms with E-state index in [1.54, 1.807) is 0 Å². The van der Waals surface area contributed by atoms with Gasteiger partial charge in [0.25, 0.3) is 0 Å². The summed E-state index contributed by atoms with van der Waals surface area (Å²) in [4.78, 5) is 18.9. The summed E-state index contributed by atoms with van der Waals surface area (Å²) in [6.07, 6.45) is 1.78. The maximum absolute atomic E-state index is 13.7. The van der Waals surface area contributed by atoms with Crippen molar-refractivity contribution >= 4 is 29.3 Å². The molecular formula is C29H22OS2. The van der Waals surface area contributed by atoms with Crippen molar-refractivity contribution < 1.29 is 4.79 Å². The zero-order chi connectivity index (χ0) is 21.8. The van der Waals surface area contributed by atoms with E-state index in [-0.39, 0.29) is 5.78 Å². The molecule has 2 aliphatic heterocycles. The van der Waals surface area contributed by atoms with Crippen LogP contribution in [0, 0.1) is 13.8 Å². The molecule has 2 heterocycles. The van der Waals surface area contributed by atoms with Gasteiger partial charge in [0.2, 0.25) is 0 Å². The molecule has 1 nitrogen and oxygen atoms in total. The van der Waals surface area contributed by atoms with Crippen molar-refractivity contribution in [3.63, 3.8) is 0 Å². The van der Waals surface area contributed by atoms with Gasteiger partial charge in [-0.1, -0.05) is 59.9 Å². The summed E-state index contributed by atoms with van der Waals surface area (Å²) in [7, 11) is 0. The van der Waals surface area contributed by atoms with Crippen molar-refractivity contribution in [2.24, 2.45) is 0 Å². The maximum Gasteiger partial charge on any atom is 0.193 e. The molecule has 0 unspecified atom stereocenters. The van der Waals surface area contributed by atoms with Crippen LogP contribution in [0.5, 0.6) is 0 Å². The van der Waals surface area contributed by atoms with Crippen LogP contribution in [0.1, 0.15) is 49.3 Å². The summed E-state index contributed by atoms with van der Waals surface area (Å²) < 4.78 is 0. The van der Waals surface area contributed by atoms with E-state index in [2.05, 4.69) is 74.5 Å². The minimum absolute atomic E-state index is 0.137. The predicted octanol–water partition coefficient (Wildman–Crippen LogP) is 7.65. The first-order valence-corrected chi connectivity index (χ1v) is 12.5. The van der Waals surface area contributed by atoms with Gasteiger partial charge in [0.05, 0.1) is 0 Å². The van der Waals surface area contributed by atoms with E-state index < -0.39 is 0 Å². The Morgan fingerprint density at radius 1 is 0.594 bits per heavy atom. The molecule has 0 fully saturated rings. The number of hydrogen-bond donors (Lipinski definition) is 0. The first-order valence-electron chi connectivity index (χ1n) is 10.9. The summed E-state index contributed by atoms with van der Waals surface area (Å²) in [6, 6.07) is 25.5. The van der Waals surface area contributed by atoms with E-state index in [0.717, 1.165) is 35.1 Å². The molecule has 32 heavy (non-hydrogen) atoms. The summed E-state index contributed by atoms with van der Waals surface area (Å²) in [6.45, 7) is 4.22. The minimum Gasteiger partial charge on any atom is -0.289 e. The molecule has 4 aromatic rings. The lowest BCUT2D eigenvalue weighted by atomic mass is 9.88. The van der Waals surface area contributed by atoms with Crippen LogP contribution in [-0.2, 0) is 12.8 Å². The summed E-state index contributed by atoms with van der Waals surface area (Å²) in [5.41, 5.74) is 9.17.